The van der Waals surface area contributed by atoms with E-state index in [0.717, 1.165) is 43.4 Å². The Labute approximate surface area is 158 Å². The zero-order valence-corrected chi connectivity index (χ0v) is 15.2. The number of aromatic nitrogens is 2. The molecule has 0 amide bonds. The normalized spacial score (nSPS) is 17.8. The van der Waals surface area contributed by atoms with Crippen LogP contribution in [0.25, 0.3) is 0 Å². The minimum absolute atomic E-state index is 0.201. The number of anilines is 3. The van der Waals surface area contributed by atoms with E-state index in [1.807, 2.05) is 23.1 Å². The Morgan fingerprint density at radius 1 is 0.926 bits per heavy atom. The van der Waals surface area contributed by atoms with E-state index in [-0.39, 0.29) is 5.82 Å². The van der Waals surface area contributed by atoms with Gasteiger partial charge in [-0.15, -0.1) is 0 Å². The van der Waals surface area contributed by atoms with Gasteiger partial charge in [0, 0.05) is 38.8 Å². The Morgan fingerprint density at radius 3 is 2.33 bits per heavy atom. The van der Waals surface area contributed by atoms with Crippen LogP contribution in [0.1, 0.15) is 5.56 Å². The first-order chi connectivity index (χ1) is 13.3. The van der Waals surface area contributed by atoms with E-state index in [2.05, 4.69) is 20.2 Å². The van der Waals surface area contributed by atoms with Crippen LogP contribution in [0.4, 0.5) is 21.7 Å². The summed E-state index contributed by atoms with van der Waals surface area (Å²) in [5, 5.41) is 3.26. The molecule has 0 bridgehead atoms. The third-order valence-electron chi connectivity index (χ3n) is 4.83. The first kappa shape index (κ1) is 17.9. The summed E-state index contributed by atoms with van der Waals surface area (Å²) in [6.07, 6.45) is 1.55. The lowest BCUT2D eigenvalue weighted by Crippen LogP contribution is -2.36. The molecule has 0 saturated carbocycles. The number of halogens is 1. The van der Waals surface area contributed by atoms with Gasteiger partial charge in [0.2, 0.25) is 0 Å². The Hall–Kier alpha value is -2.45. The number of rotatable bonds is 5. The number of morpholine rings is 2. The SMILES string of the molecule is Fc1cc(CNc2cc(N3CCOCC3)ncn2)ccc1N1CCOCC1. The lowest BCUT2D eigenvalue weighted by Gasteiger charge is -2.29. The van der Waals surface area contributed by atoms with E-state index in [1.54, 1.807) is 12.4 Å². The molecule has 0 aliphatic carbocycles. The molecule has 2 fully saturated rings. The standard InChI is InChI=1S/C19H24FN5O2/c20-16-11-15(1-2-17(16)24-3-7-26-8-4-24)13-21-18-12-19(23-14-22-18)25-5-9-27-10-6-25/h1-2,11-12,14H,3-10,13H2,(H,21,22,23). The highest BCUT2D eigenvalue weighted by atomic mass is 19.1. The molecule has 27 heavy (non-hydrogen) atoms. The lowest BCUT2D eigenvalue weighted by atomic mass is 10.1. The van der Waals surface area contributed by atoms with Crippen molar-refractivity contribution in [3.05, 3.63) is 42.0 Å². The predicted octanol–water partition coefficient (Wildman–Crippen LogP) is 1.90. The molecule has 3 heterocycles. The molecule has 1 aromatic carbocycles. The summed E-state index contributed by atoms with van der Waals surface area (Å²) in [6.45, 7) is 6.29. The molecule has 0 atom stereocenters. The van der Waals surface area contributed by atoms with Crippen LogP contribution in [0.5, 0.6) is 0 Å². The van der Waals surface area contributed by atoms with Crippen molar-refractivity contribution in [2.24, 2.45) is 0 Å². The lowest BCUT2D eigenvalue weighted by molar-refractivity contribution is 0.122. The van der Waals surface area contributed by atoms with Crippen LogP contribution in [0.3, 0.4) is 0 Å². The largest absolute Gasteiger partial charge is 0.378 e. The third-order valence-corrected chi connectivity index (χ3v) is 4.83. The van der Waals surface area contributed by atoms with Crippen molar-refractivity contribution < 1.29 is 13.9 Å². The van der Waals surface area contributed by atoms with Crippen LogP contribution in [0, 0.1) is 5.82 Å². The highest BCUT2D eigenvalue weighted by molar-refractivity contribution is 5.51. The van der Waals surface area contributed by atoms with Crippen LogP contribution in [-0.4, -0.2) is 62.6 Å². The van der Waals surface area contributed by atoms with E-state index in [4.69, 9.17) is 9.47 Å². The zero-order valence-electron chi connectivity index (χ0n) is 15.2. The summed E-state index contributed by atoms with van der Waals surface area (Å²) < 4.78 is 25.2. The van der Waals surface area contributed by atoms with Crippen molar-refractivity contribution in [1.82, 2.24) is 9.97 Å². The van der Waals surface area contributed by atoms with Crippen molar-refractivity contribution in [2.75, 3.05) is 67.7 Å². The first-order valence-electron chi connectivity index (χ1n) is 9.29. The van der Waals surface area contributed by atoms with Gasteiger partial charge in [0.15, 0.2) is 0 Å². The molecule has 2 aliphatic heterocycles. The van der Waals surface area contributed by atoms with Gasteiger partial charge in [-0.05, 0) is 17.7 Å². The maximum atomic E-state index is 14.5. The fourth-order valence-corrected chi connectivity index (χ4v) is 3.32. The molecule has 7 nitrogen and oxygen atoms in total. The summed E-state index contributed by atoms with van der Waals surface area (Å²) in [5.41, 5.74) is 1.51. The average molecular weight is 373 g/mol. The van der Waals surface area contributed by atoms with Crippen LogP contribution in [0.2, 0.25) is 0 Å². The quantitative estimate of drug-likeness (QED) is 0.859. The monoisotopic (exact) mass is 373 g/mol. The molecule has 1 N–H and O–H groups in total. The van der Waals surface area contributed by atoms with Gasteiger partial charge in [0.05, 0.1) is 32.1 Å². The molecule has 2 saturated heterocycles. The molecule has 2 aliphatic rings. The predicted molar refractivity (Wildman–Crippen MR) is 102 cm³/mol. The molecule has 0 radical (unpaired) electrons. The number of hydrogen-bond donors (Lipinski definition) is 1. The van der Waals surface area contributed by atoms with Crippen molar-refractivity contribution in [3.8, 4) is 0 Å². The summed E-state index contributed by atoms with van der Waals surface area (Å²) in [6, 6.07) is 7.30. The van der Waals surface area contributed by atoms with Gasteiger partial charge in [-0.25, -0.2) is 14.4 Å². The molecule has 2 aromatic rings. The number of nitrogens with zero attached hydrogens (tertiary/aromatic N) is 4. The summed E-state index contributed by atoms with van der Waals surface area (Å²) >= 11 is 0. The van der Waals surface area contributed by atoms with Gasteiger partial charge < -0.3 is 24.6 Å². The highest BCUT2D eigenvalue weighted by Crippen LogP contribution is 2.22. The second-order valence-corrected chi connectivity index (χ2v) is 6.60. The van der Waals surface area contributed by atoms with Gasteiger partial charge >= 0.3 is 0 Å². The summed E-state index contributed by atoms with van der Waals surface area (Å²) in [5.74, 6) is 1.40. The van der Waals surface area contributed by atoms with Gasteiger partial charge in [-0.3, -0.25) is 0 Å². The van der Waals surface area contributed by atoms with Crippen molar-refractivity contribution in [1.29, 1.82) is 0 Å². The number of ether oxygens (including phenoxy) is 2. The Morgan fingerprint density at radius 2 is 1.63 bits per heavy atom. The second kappa shape index (κ2) is 8.49. The molecular formula is C19H24FN5O2. The average Bonchev–Trinajstić information content (AvgIpc) is 2.74. The van der Waals surface area contributed by atoms with Crippen LogP contribution in [0.15, 0.2) is 30.6 Å². The van der Waals surface area contributed by atoms with E-state index in [0.29, 0.717) is 38.7 Å². The molecular weight excluding hydrogens is 349 g/mol. The minimum atomic E-state index is -0.201. The molecule has 0 unspecified atom stereocenters. The molecule has 4 rings (SSSR count). The van der Waals surface area contributed by atoms with E-state index >= 15 is 0 Å². The molecule has 0 spiro atoms. The Kier molecular flexibility index (Phi) is 5.64. The first-order valence-corrected chi connectivity index (χ1v) is 9.29. The molecule has 8 heteroatoms. The van der Waals surface area contributed by atoms with E-state index < -0.39 is 0 Å². The molecule has 1 aromatic heterocycles. The van der Waals surface area contributed by atoms with Gasteiger partial charge in [0.1, 0.15) is 23.8 Å². The van der Waals surface area contributed by atoms with Crippen LogP contribution >= 0.6 is 0 Å². The van der Waals surface area contributed by atoms with Crippen molar-refractivity contribution in [2.45, 2.75) is 6.54 Å². The maximum Gasteiger partial charge on any atom is 0.146 e. The number of nitrogens with one attached hydrogen (secondary N) is 1. The van der Waals surface area contributed by atoms with Crippen molar-refractivity contribution in [3.63, 3.8) is 0 Å². The summed E-state index contributed by atoms with van der Waals surface area (Å²) in [7, 11) is 0. The number of hydrogen-bond acceptors (Lipinski definition) is 7. The smallest absolute Gasteiger partial charge is 0.146 e. The summed E-state index contributed by atoms with van der Waals surface area (Å²) in [4.78, 5) is 12.8. The van der Waals surface area contributed by atoms with E-state index in [9.17, 15) is 4.39 Å². The maximum absolute atomic E-state index is 14.5. The highest BCUT2D eigenvalue weighted by Gasteiger charge is 2.16. The fourth-order valence-electron chi connectivity index (χ4n) is 3.32. The molecule has 144 valence electrons. The van der Waals surface area contributed by atoms with E-state index in [1.165, 1.54) is 0 Å². The minimum Gasteiger partial charge on any atom is -0.378 e. The second-order valence-electron chi connectivity index (χ2n) is 6.60. The van der Waals surface area contributed by atoms with Gasteiger partial charge in [0.25, 0.3) is 0 Å². The van der Waals surface area contributed by atoms with Gasteiger partial charge in [-0.2, -0.15) is 0 Å². The third kappa shape index (κ3) is 4.45. The van der Waals surface area contributed by atoms with Crippen LogP contribution < -0.4 is 15.1 Å². The topological polar surface area (TPSA) is 62.8 Å². The number of benzene rings is 1. The fraction of sp³-hybridized carbons (Fsp3) is 0.474. The van der Waals surface area contributed by atoms with Gasteiger partial charge in [-0.1, -0.05) is 6.07 Å². The van der Waals surface area contributed by atoms with Crippen LogP contribution in [-0.2, 0) is 16.0 Å². The Balaban J connectivity index is 1.39. The Bertz CT molecular complexity index is 764. The van der Waals surface area contributed by atoms with Crippen molar-refractivity contribution >= 4 is 17.3 Å². The zero-order chi connectivity index (χ0) is 18.5.